The topological polar surface area (TPSA) is 69.9 Å². The van der Waals surface area contributed by atoms with Gasteiger partial charge in [0.05, 0.1) is 32.0 Å². The summed E-state index contributed by atoms with van der Waals surface area (Å²) in [5, 5.41) is 1.00. The van der Waals surface area contributed by atoms with Crippen LogP contribution in [0.25, 0.3) is 11.8 Å². The first-order valence-corrected chi connectivity index (χ1v) is 17.7. The van der Waals surface area contributed by atoms with Crippen LogP contribution in [0.3, 0.4) is 0 Å². The molecule has 0 saturated carbocycles. The average molecular weight is 864 g/mol. The molecule has 4 aromatic carbocycles. The number of carbonyl (C=O) groups excluding carboxylic acids is 1. The van der Waals surface area contributed by atoms with E-state index in [0.717, 1.165) is 13.6 Å². The van der Waals surface area contributed by atoms with Gasteiger partial charge in [-0.2, -0.15) is 0 Å². The molecule has 6 rings (SSSR count). The minimum absolute atomic E-state index is 0.122. The fourth-order valence-electron chi connectivity index (χ4n) is 5.17. The number of hydrogen-bond donors (Lipinski definition) is 0. The lowest BCUT2D eigenvalue weighted by Crippen LogP contribution is -2.40. The summed E-state index contributed by atoms with van der Waals surface area (Å²) >= 11 is 19.4. The molecule has 0 aliphatic carbocycles. The maximum Gasteiger partial charge on any atom is 0.338 e. The van der Waals surface area contributed by atoms with Gasteiger partial charge >= 0.3 is 5.97 Å². The van der Waals surface area contributed by atoms with Gasteiger partial charge in [0.2, 0.25) is 0 Å². The van der Waals surface area contributed by atoms with E-state index in [9.17, 15) is 14.0 Å². The normalized spacial score (nSPS) is 14.5. The van der Waals surface area contributed by atoms with Crippen LogP contribution in [0.1, 0.15) is 35.2 Å². The molecule has 1 aliphatic heterocycles. The molecule has 0 unspecified atom stereocenters. The smallest absolute Gasteiger partial charge is 0.338 e. The molecular weight excluding hydrogens is 841 g/mol. The Kier molecular flexibility index (Phi) is 10.3. The predicted molar refractivity (Wildman–Crippen MR) is 195 cm³/mol. The first-order chi connectivity index (χ1) is 22.6. The van der Waals surface area contributed by atoms with Gasteiger partial charge in [0, 0.05) is 31.2 Å². The predicted octanol–water partition coefficient (Wildman–Crippen LogP) is 8.33. The number of benzene rings is 4. The zero-order chi connectivity index (χ0) is 33.2. The van der Waals surface area contributed by atoms with E-state index in [1.165, 1.54) is 28.0 Å². The molecule has 47 heavy (non-hydrogen) atoms. The van der Waals surface area contributed by atoms with Gasteiger partial charge in [0.25, 0.3) is 5.56 Å². The minimum Gasteiger partial charge on any atom is -0.487 e. The SMILES string of the molecule is CCOC(=O)C1=C(c2ccccc2)N=c2s/c(=C\c3cc(Br)cc(I)c3OCc3ccc(Cl)cc3Cl)c(=O)n2[C@H]1c1ccc(F)cc1. The van der Waals surface area contributed by atoms with Crippen molar-refractivity contribution < 1.29 is 18.7 Å². The summed E-state index contributed by atoms with van der Waals surface area (Å²) in [5.41, 5.74) is 2.80. The van der Waals surface area contributed by atoms with Crippen molar-refractivity contribution in [1.82, 2.24) is 4.57 Å². The first kappa shape index (κ1) is 33.6. The molecular formula is C35H23BrCl2FIN2O4S. The van der Waals surface area contributed by atoms with Gasteiger partial charge in [-0.1, -0.05) is 99.0 Å². The summed E-state index contributed by atoms with van der Waals surface area (Å²) in [6, 6.07) is 23.0. The van der Waals surface area contributed by atoms with Gasteiger partial charge in [-0.05, 0) is 77.6 Å². The largest absolute Gasteiger partial charge is 0.487 e. The van der Waals surface area contributed by atoms with Crippen LogP contribution in [0.5, 0.6) is 5.75 Å². The maximum absolute atomic E-state index is 14.3. The highest BCUT2D eigenvalue weighted by Gasteiger charge is 2.35. The number of carbonyl (C=O) groups is 1. The first-order valence-electron chi connectivity index (χ1n) is 14.2. The Bertz CT molecular complexity index is 2220. The Labute approximate surface area is 305 Å². The Morgan fingerprint density at radius 1 is 1.09 bits per heavy atom. The molecule has 12 heteroatoms. The second-order valence-corrected chi connectivity index (χ2v) is 14.2. The number of hydrogen-bond acceptors (Lipinski definition) is 6. The monoisotopic (exact) mass is 862 g/mol. The summed E-state index contributed by atoms with van der Waals surface area (Å²) in [5.74, 6) is -0.502. The molecule has 0 amide bonds. The van der Waals surface area contributed by atoms with Crippen molar-refractivity contribution in [1.29, 1.82) is 0 Å². The van der Waals surface area contributed by atoms with Crippen molar-refractivity contribution in [2.24, 2.45) is 4.99 Å². The minimum atomic E-state index is -0.923. The van der Waals surface area contributed by atoms with Gasteiger partial charge in [-0.15, -0.1) is 0 Å². The Balaban J connectivity index is 1.55. The molecule has 2 heterocycles. The third-order valence-electron chi connectivity index (χ3n) is 7.27. The zero-order valence-electron chi connectivity index (χ0n) is 24.5. The number of halogens is 5. The fourth-order valence-corrected chi connectivity index (χ4v) is 8.33. The molecule has 6 nitrogen and oxygen atoms in total. The van der Waals surface area contributed by atoms with Crippen molar-refractivity contribution in [3.63, 3.8) is 0 Å². The van der Waals surface area contributed by atoms with Crippen LogP contribution in [-0.4, -0.2) is 17.1 Å². The third-order valence-corrected chi connectivity index (χ3v) is 10.1. The molecule has 0 bridgehead atoms. The van der Waals surface area contributed by atoms with E-state index in [4.69, 9.17) is 37.7 Å². The second kappa shape index (κ2) is 14.4. The number of fused-ring (bicyclic) bond motifs is 1. The summed E-state index contributed by atoms with van der Waals surface area (Å²) in [6.07, 6.45) is 1.74. The summed E-state index contributed by atoms with van der Waals surface area (Å²) in [6.45, 7) is 2.00. The van der Waals surface area contributed by atoms with Crippen molar-refractivity contribution in [2.75, 3.05) is 6.61 Å². The number of ether oxygens (including phenoxy) is 2. The van der Waals surface area contributed by atoms with Crippen LogP contribution in [0.15, 0.2) is 105 Å². The highest BCUT2D eigenvalue weighted by atomic mass is 127. The van der Waals surface area contributed by atoms with Gasteiger partial charge in [0.15, 0.2) is 4.80 Å². The number of thiazole rings is 1. The highest BCUT2D eigenvalue weighted by molar-refractivity contribution is 14.1. The van der Waals surface area contributed by atoms with Crippen LogP contribution in [0.4, 0.5) is 4.39 Å². The third kappa shape index (κ3) is 7.12. The van der Waals surface area contributed by atoms with Crippen molar-refractivity contribution in [3.8, 4) is 5.75 Å². The highest BCUT2D eigenvalue weighted by Crippen LogP contribution is 2.36. The number of aromatic nitrogens is 1. The molecule has 0 saturated heterocycles. The van der Waals surface area contributed by atoms with Crippen LogP contribution in [-0.2, 0) is 16.1 Å². The number of rotatable bonds is 8. The molecule has 1 aromatic heterocycles. The van der Waals surface area contributed by atoms with Crippen molar-refractivity contribution in [2.45, 2.75) is 19.6 Å². The lowest BCUT2D eigenvalue weighted by atomic mass is 9.93. The second-order valence-electron chi connectivity index (χ2n) is 10.3. The fraction of sp³-hybridized carbons (Fsp3) is 0.114. The van der Waals surface area contributed by atoms with E-state index in [-0.39, 0.29) is 24.3 Å². The summed E-state index contributed by atoms with van der Waals surface area (Å²) < 4.78 is 29.3. The van der Waals surface area contributed by atoms with Crippen LogP contribution in [0.2, 0.25) is 10.0 Å². The van der Waals surface area contributed by atoms with E-state index in [2.05, 4.69) is 38.5 Å². The van der Waals surface area contributed by atoms with E-state index in [1.807, 2.05) is 42.5 Å². The number of esters is 1. The lowest BCUT2D eigenvalue weighted by molar-refractivity contribution is -0.138. The number of nitrogens with zero attached hydrogens (tertiary/aromatic N) is 2. The van der Waals surface area contributed by atoms with Gasteiger partial charge in [0.1, 0.15) is 18.2 Å². The zero-order valence-corrected chi connectivity index (χ0v) is 30.5. The quantitative estimate of drug-likeness (QED) is 0.116. The van der Waals surface area contributed by atoms with Crippen LogP contribution in [0, 0.1) is 9.39 Å². The van der Waals surface area contributed by atoms with Gasteiger partial charge in [-0.25, -0.2) is 14.2 Å². The van der Waals surface area contributed by atoms with Crippen molar-refractivity contribution >= 4 is 90.8 Å². The van der Waals surface area contributed by atoms with E-state index < -0.39 is 17.8 Å². The van der Waals surface area contributed by atoms with Gasteiger partial charge in [-0.3, -0.25) is 9.36 Å². The summed E-state index contributed by atoms with van der Waals surface area (Å²) in [4.78, 5) is 33.2. The van der Waals surface area contributed by atoms with Gasteiger partial charge < -0.3 is 9.47 Å². The Hall–Kier alpha value is -3.29. The molecule has 0 spiro atoms. The molecule has 0 radical (unpaired) electrons. The van der Waals surface area contributed by atoms with E-state index >= 15 is 0 Å². The summed E-state index contributed by atoms with van der Waals surface area (Å²) in [7, 11) is 0. The van der Waals surface area contributed by atoms with Crippen LogP contribution >= 0.6 is 73.1 Å². The Morgan fingerprint density at radius 3 is 2.53 bits per heavy atom. The molecule has 0 fully saturated rings. The van der Waals surface area contributed by atoms with E-state index in [1.54, 1.807) is 43.3 Å². The van der Waals surface area contributed by atoms with E-state index in [0.29, 0.717) is 47.5 Å². The molecule has 1 atom stereocenters. The molecule has 1 aliphatic rings. The van der Waals surface area contributed by atoms with Crippen molar-refractivity contribution in [3.05, 3.63) is 156 Å². The molecule has 238 valence electrons. The molecule has 5 aromatic rings. The van der Waals surface area contributed by atoms with Crippen LogP contribution < -0.4 is 19.6 Å². The standard InChI is InChI=1S/C35H23BrCl2FIN2O4S/c1-2-45-34(44)29-30(19-6-4-3-5-7-19)41-35-42(31(29)20-9-12-25(39)13-10-20)33(43)28(47-35)15-22-14-23(36)16-27(40)32(22)46-18-21-8-11-24(37)17-26(21)38/h3-17,31H,2,18H2,1H3/b28-15-/t31-/m0/s1. The lowest BCUT2D eigenvalue weighted by Gasteiger charge is -2.25. The molecule has 0 N–H and O–H groups in total. The Morgan fingerprint density at radius 2 is 1.83 bits per heavy atom. The average Bonchev–Trinajstić information content (AvgIpc) is 3.35. The maximum atomic E-state index is 14.3.